The van der Waals surface area contributed by atoms with E-state index >= 15 is 0 Å². The Morgan fingerprint density at radius 1 is 1.26 bits per heavy atom. The van der Waals surface area contributed by atoms with E-state index in [1.54, 1.807) is 4.90 Å². The van der Waals surface area contributed by atoms with Crippen LogP contribution in [0.15, 0.2) is 29.2 Å². The molecule has 1 aliphatic heterocycles. The Kier molecular flexibility index (Phi) is 7.09. The van der Waals surface area contributed by atoms with E-state index in [1.807, 2.05) is 30.3 Å². The van der Waals surface area contributed by atoms with Gasteiger partial charge < -0.3 is 4.90 Å². The van der Waals surface area contributed by atoms with E-state index in [0.717, 1.165) is 31.6 Å². The molecule has 0 N–H and O–H groups in total. The lowest BCUT2D eigenvalue weighted by Crippen LogP contribution is -2.32. The number of hydrogen-bond acceptors (Lipinski definition) is 4. The molecular weight excluding hydrogens is 348 g/mol. The molecule has 23 heavy (non-hydrogen) atoms. The highest BCUT2D eigenvalue weighted by molar-refractivity contribution is 8.26. The zero-order valence-electron chi connectivity index (χ0n) is 13.4. The lowest BCUT2D eigenvalue weighted by molar-refractivity contribution is -0.122. The minimum absolute atomic E-state index is 0.00879. The van der Waals surface area contributed by atoms with Crippen molar-refractivity contribution in [2.24, 2.45) is 0 Å². The molecule has 1 aromatic rings. The van der Waals surface area contributed by atoms with E-state index in [0.29, 0.717) is 20.8 Å². The molecule has 2 rings (SSSR count). The maximum Gasteiger partial charge on any atom is 0.266 e. The Balaban J connectivity index is 1.98. The Morgan fingerprint density at radius 2 is 1.91 bits per heavy atom. The summed E-state index contributed by atoms with van der Waals surface area (Å²) in [6, 6.07) is 7.43. The molecule has 0 radical (unpaired) electrons. The van der Waals surface area contributed by atoms with Crippen LogP contribution in [-0.2, 0) is 4.79 Å². The van der Waals surface area contributed by atoms with Crippen LogP contribution in [0.25, 0.3) is 6.08 Å². The van der Waals surface area contributed by atoms with E-state index < -0.39 is 0 Å². The lowest BCUT2D eigenvalue weighted by Gasteiger charge is -2.20. The van der Waals surface area contributed by atoms with Crippen LogP contribution in [0.4, 0.5) is 0 Å². The molecule has 0 bridgehead atoms. The minimum Gasteiger partial charge on any atom is -0.304 e. The standard InChI is InChI=1S/C17H21ClN2OS2/c1-3-19(4-2)10-5-11-20-16(21)15(23-17(20)22)12-13-6-8-14(18)9-7-13/h6-9,12H,3-5,10-11H2,1-2H3. The lowest BCUT2D eigenvalue weighted by atomic mass is 10.2. The van der Waals surface area contributed by atoms with Crippen molar-refractivity contribution in [3.8, 4) is 0 Å². The van der Waals surface area contributed by atoms with Crippen molar-refractivity contribution in [1.82, 2.24) is 9.80 Å². The number of halogens is 1. The fourth-order valence-corrected chi connectivity index (χ4v) is 3.83. The predicted molar refractivity (Wildman–Crippen MR) is 104 cm³/mol. The molecule has 124 valence electrons. The van der Waals surface area contributed by atoms with Crippen LogP contribution in [0.2, 0.25) is 5.02 Å². The van der Waals surface area contributed by atoms with Gasteiger partial charge in [0, 0.05) is 11.6 Å². The summed E-state index contributed by atoms with van der Waals surface area (Å²) in [5.74, 6) is 0.00879. The molecule has 0 unspecified atom stereocenters. The highest BCUT2D eigenvalue weighted by Gasteiger charge is 2.31. The van der Waals surface area contributed by atoms with Gasteiger partial charge >= 0.3 is 0 Å². The number of rotatable bonds is 7. The molecule has 1 saturated heterocycles. The maximum absolute atomic E-state index is 12.5. The van der Waals surface area contributed by atoms with Crippen LogP contribution >= 0.6 is 35.6 Å². The van der Waals surface area contributed by atoms with Crippen molar-refractivity contribution in [3.05, 3.63) is 39.8 Å². The van der Waals surface area contributed by atoms with Crippen molar-refractivity contribution in [1.29, 1.82) is 0 Å². The van der Waals surface area contributed by atoms with Crippen LogP contribution in [-0.4, -0.2) is 46.2 Å². The second-order valence-electron chi connectivity index (χ2n) is 5.27. The first kappa shape index (κ1) is 18.5. The molecule has 0 aromatic heterocycles. The third kappa shape index (κ3) is 5.05. The van der Waals surface area contributed by atoms with Crippen LogP contribution in [0.1, 0.15) is 25.8 Å². The Morgan fingerprint density at radius 3 is 2.52 bits per heavy atom. The number of thioether (sulfide) groups is 1. The number of carbonyl (C=O) groups excluding carboxylic acids is 1. The number of nitrogens with zero attached hydrogens (tertiary/aromatic N) is 2. The summed E-state index contributed by atoms with van der Waals surface area (Å²) in [6.07, 6.45) is 2.81. The highest BCUT2D eigenvalue weighted by atomic mass is 35.5. The number of carbonyl (C=O) groups is 1. The molecular formula is C17H21ClN2OS2. The molecule has 1 aliphatic rings. The normalized spacial score (nSPS) is 16.9. The topological polar surface area (TPSA) is 23.6 Å². The zero-order valence-corrected chi connectivity index (χ0v) is 15.8. The predicted octanol–water partition coefficient (Wildman–Crippen LogP) is 4.27. The third-order valence-corrected chi connectivity index (χ3v) is 5.42. The van der Waals surface area contributed by atoms with E-state index in [4.69, 9.17) is 23.8 Å². The molecule has 3 nitrogen and oxygen atoms in total. The summed E-state index contributed by atoms with van der Waals surface area (Å²) in [6.45, 7) is 8.03. The average molecular weight is 369 g/mol. The molecule has 1 aromatic carbocycles. The second-order valence-corrected chi connectivity index (χ2v) is 7.38. The third-order valence-electron chi connectivity index (χ3n) is 3.79. The fourth-order valence-electron chi connectivity index (χ4n) is 2.40. The first-order chi connectivity index (χ1) is 11.0. The first-order valence-electron chi connectivity index (χ1n) is 7.78. The Hall–Kier alpha value is -0.880. The molecule has 1 heterocycles. The van der Waals surface area contributed by atoms with Gasteiger partial charge in [-0.3, -0.25) is 9.69 Å². The number of thiocarbonyl (C=S) groups is 1. The molecule has 0 aliphatic carbocycles. The molecule has 0 spiro atoms. The molecule has 1 fully saturated rings. The summed E-state index contributed by atoms with van der Waals surface area (Å²) < 4.78 is 0.648. The summed E-state index contributed by atoms with van der Waals surface area (Å²) in [7, 11) is 0. The summed E-state index contributed by atoms with van der Waals surface area (Å²) >= 11 is 12.6. The molecule has 0 atom stereocenters. The fraction of sp³-hybridized carbons (Fsp3) is 0.412. The summed E-state index contributed by atoms with van der Waals surface area (Å²) in [5.41, 5.74) is 0.957. The average Bonchev–Trinajstić information content (AvgIpc) is 2.81. The van der Waals surface area contributed by atoms with Gasteiger partial charge in [-0.1, -0.05) is 61.6 Å². The van der Waals surface area contributed by atoms with E-state index in [9.17, 15) is 4.79 Å². The van der Waals surface area contributed by atoms with Gasteiger partial charge in [-0.15, -0.1) is 0 Å². The largest absolute Gasteiger partial charge is 0.304 e. The second kappa shape index (κ2) is 8.83. The van der Waals surface area contributed by atoms with Crippen molar-refractivity contribution >= 4 is 51.9 Å². The van der Waals surface area contributed by atoms with Gasteiger partial charge in [0.1, 0.15) is 4.32 Å². The Bertz CT molecular complexity index is 597. The van der Waals surface area contributed by atoms with Gasteiger partial charge in [-0.2, -0.15) is 0 Å². The van der Waals surface area contributed by atoms with Gasteiger partial charge in [0.15, 0.2) is 0 Å². The first-order valence-corrected chi connectivity index (χ1v) is 9.38. The quantitative estimate of drug-likeness (QED) is 0.529. The molecule has 0 saturated carbocycles. The van der Waals surface area contributed by atoms with E-state index in [-0.39, 0.29) is 5.91 Å². The monoisotopic (exact) mass is 368 g/mol. The van der Waals surface area contributed by atoms with Crippen molar-refractivity contribution < 1.29 is 4.79 Å². The number of benzene rings is 1. The van der Waals surface area contributed by atoms with Gasteiger partial charge in [-0.25, -0.2) is 0 Å². The SMILES string of the molecule is CCN(CC)CCCN1C(=O)C(=Cc2ccc(Cl)cc2)SC1=S. The summed E-state index contributed by atoms with van der Waals surface area (Å²) in [4.78, 5) is 17.3. The number of hydrogen-bond donors (Lipinski definition) is 0. The van der Waals surface area contributed by atoms with Crippen molar-refractivity contribution in [2.45, 2.75) is 20.3 Å². The zero-order chi connectivity index (χ0) is 16.8. The van der Waals surface area contributed by atoms with Crippen molar-refractivity contribution in [2.75, 3.05) is 26.2 Å². The van der Waals surface area contributed by atoms with Gasteiger partial charge in [-0.05, 0) is 49.8 Å². The molecule has 6 heteroatoms. The van der Waals surface area contributed by atoms with Gasteiger partial charge in [0.25, 0.3) is 5.91 Å². The maximum atomic E-state index is 12.5. The van der Waals surface area contributed by atoms with E-state index in [1.165, 1.54) is 11.8 Å². The van der Waals surface area contributed by atoms with Crippen molar-refractivity contribution in [3.63, 3.8) is 0 Å². The van der Waals surface area contributed by atoms with Crippen LogP contribution in [0, 0.1) is 0 Å². The highest BCUT2D eigenvalue weighted by Crippen LogP contribution is 2.32. The molecule has 1 amide bonds. The Labute approximate surface area is 152 Å². The van der Waals surface area contributed by atoms with Gasteiger partial charge in [0.05, 0.1) is 4.91 Å². The smallest absolute Gasteiger partial charge is 0.266 e. The van der Waals surface area contributed by atoms with Gasteiger partial charge in [0.2, 0.25) is 0 Å². The van der Waals surface area contributed by atoms with Crippen LogP contribution in [0.5, 0.6) is 0 Å². The van der Waals surface area contributed by atoms with Crippen LogP contribution in [0.3, 0.4) is 0 Å². The van der Waals surface area contributed by atoms with E-state index in [2.05, 4.69) is 18.7 Å². The van der Waals surface area contributed by atoms with Crippen LogP contribution < -0.4 is 0 Å². The number of amides is 1. The summed E-state index contributed by atoms with van der Waals surface area (Å²) in [5, 5.41) is 0.686. The minimum atomic E-state index is 0.00879.